The minimum absolute atomic E-state index is 0.0520. The van der Waals surface area contributed by atoms with Crippen LogP contribution >= 0.6 is 0 Å². The van der Waals surface area contributed by atoms with Gasteiger partial charge in [0.1, 0.15) is 0 Å². The van der Waals surface area contributed by atoms with Crippen molar-refractivity contribution in [1.29, 1.82) is 0 Å². The van der Waals surface area contributed by atoms with Crippen molar-refractivity contribution in [3.63, 3.8) is 0 Å². The first kappa shape index (κ1) is 17.5. The van der Waals surface area contributed by atoms with E-state index in [1.807, 2.05) is 25.1 Å². The lowest BCUT2D eigenvalue weighted by Gasteiger charge is -2.16. The summed E-state index contributed by atoms with van der Waals surface area (Å²) < 4.78 is 0. The van der Waals surface area contributed by atoms with E-state index in [2.05, 4.69) is 30.5 Å². The number of hydrogen-bond donors (Lipinski definition) is 2. The number of unbranched alkanes of at least 4 members (excludes halogenated alkanes) is 4. The largest absolute Gasteiger partial charge is 0.383 e. The molecule has 118 valence electrons. The Morgan fingerprint density at radius 1 is 1.10 bits per heavy atom. The van der Waals surface area contributed by atoms with Crippen LogP contribution in [0, 0.1) is 0 Å². The summed E-state index contributed by atoms with van der Waals surface area (Å²) in [5.41, 5.74) is 1.94. The summed E-state index contributed by atoms with van der Waals surface area (Å²) in [5.74, 6) is 0.0520. The van der Waals surface area contributed by atoms with Gasteiger partial charge in [0, 0.05) is 23.8 Å². The van der Waals surface area contributed by atoms with E-state index in [0.717, 1.165) is 11.4 Å². The molecule has 0 saturated carbocycles. The molecule has 1 aromatic rings. The van der Waals surface area contributed by atoms with Gasteiger partial charge in [-0.2, -0.15) is 0 Å². The number of benzene rings is 1. The highest BCUT2D eigenvalue weighted by Gasteiger charge is 2.04. The van der Waals surface area contributed by atoms with Crippen molar-refractivity contribution >= 4 is 17.3 Å². The van der Waals surface area contributed by atoms with Crippen LogP contribution in [-0.2, 0) is 4.79 Å². The molecule has 1 aromatic carbocycles. The van der Waals surface area contributed by atoms with E-state index in [-0.39, 0.29) is 5.91 Å². The fourth-order valence-electron chi connectivity index (χ4n) is 2.35. The molecule has 0 aliphatic carbocycles. The van der Waals surface area contributed by atoms with Crippen LogP contribution in [0.4, 0.5) is 11.4 Å². The van der Waals surface area contributed by atoms with Gasteiger partial charge in [0.2, 0.25) is 5.91 Å². The zero-order chi connectivity index (χ0) is 15.5. The smallest absolute Gasteiger partial charge is 0.224 e. The van der Waals surface area contributed by atoms with E-state index < -0.39 is 0 Å². The van der Waals surface area contributed by atoms with Gasteiger partial charge < -0.3 is 10.6 Å². The fraction of sp³-hybridized carbons (Fsp3) is 0.611. The Bertz CT molecular complexity index is 417. The summed E-state index contributed by atoms with van der Waals surface area (Å²) in [6, 6.07) is 8.41. The maximum atomic E-state index is 11.4. The van der Waals surface area contributed by atoms with E-state index in [0.29, 0.717) is 12.5 Å². The molecule has 3 heteroatoms. The maximum absolute atomic E-state index is 11.4. The van der Waals surface area contributed by atoms with Crippen LogP contribution in [-0.4, -0.2) is 11.9 Å². The van der Waals surface area contributed by atoms with Crippen molar-refractivity contribution in [2.75, 3.05) is 10.6 Å². The number of nitrogens with one attached hydrogen (secondary N) is 2. The molecule has 21 heavy (non-hydrogen) atoms. The maximum Gasteiger partial charge on any atom is 0.224 e. The standard InChI is InChI=1S/C18H30N2O/c1-4-6-7-8-9-11-15(3)19-16-12-10-13-17(14-16)20-18(21)5-2/h10,12-15,19H,4-9,11H2,1-3H3,(H,20,21). The second-order valence-corrected chi connectivity index (χ2v) is 5.73. The van der Waals surface area contributed by atoms with Crippen molar-refractivity contribution < 1.29 is 4.79 Å². The molecule has 3 nitrogen and oxygen atoms in total. The highest BCUT2D eigenvalue weighted by molar-refractivity contribution is 5.90. The third-order valence-electron chi connectivity index (χ3n) is 3.62. The van der Waals surface area contributed by atoms with Gasteiger partial charge in [-0.3, -0.25) is 4.79 Å². The van der Waals surface area contributed by atoms with Crippen molar-refractivity contribution in [1.82, 2.24) is 0 Å². The van der Waals surface area contributed by atoms with Crippen LogP contribution in [0.25, 0.3) is 0 Å². The van der Waals surface area contributed by atoms with Crippen molar-refractivity contribution in [2.24, 2.45) is 0 Å². The van der Waals surface area contributed by atoms with Crippen molar-refractivity contribution in [3.05, 3.63) is 24.3 Å². The Morgan fingerprint density at radius 3 is 2.52 bits per heavy atom. The van der Waals surface area contributed by atoms with Crippen LogP contribution in [0.2, 0.25) is 0 Å². The SMILES string of the molecule is CCCCCCCC(C)Nc1cccc(NC(=O)CC)c1. The average Bonchev–Trinajstić information content (AvgIpc) is 2.47. The summed E-state index contributed by atoms with van der Waals surface area (Å²) in [5, 5.41) is 6.41. The Morgan fingerprint density at radius 2 is 1.81 bits per heavy atom. The Labute approximate surface area is 129 Å². The topological polar surface area (TPSA) is 41.1 Å². The van der Waals surface area contributed by atoms with E-state index in [1.54, 1.807) is 0 Å². The quantitative estimate of drug-likeness (QED) is 0.582. The van der Waals surface area contributed by atoms with Crippen molar-refractivity contribution in [2.45, 2.75) is 71.8 Å². The van der Waals surface area contributed by atoms with Crippen LogP contribution in [0.15, 0.2) is 24.3 Å². The lowest BCUT2D eigenvalue weighted by Crippen LogP contribution is -2.15. The predicted octanol–water partition coefficient (Wildman–Crippen LogP) is 5.20. The molecule has 0 aliphatic heterocycles. The molecule has 0 aliphatic rings. The molecule has 1 unspecified atom stereocenters. The number of amides is 1. The molecule has 0 fully saturated rings. The number of carbonyl (C=O) groups excluding carboxylic acids is 1. The van der Waals surface area contributed by atoms with E-state index >= 15 is 0 Å². The van der Waals surface area contributed by atoms with Crippen LogP contribution in [0.3, 0.4) is 0 Å². The zero-order valence-corrected chi connectivity index (χ0v) is 13.7. The highest BCUT2D eigenvalue weighted by atomic mass is 16.1. The van der Waals surface area contributed by atoms with Gasteiger partial charge in [0.05, 0.1) is 0 Å². The fourth-order valence-corrected chi connectivity index (χ4v) is 2.35. The van der Waals surface area contributed by atoms with Gasteiger partial charge in [-0.05, 0) is 31.5 Å². The van der Waals surface area contributed by atoms with Crippen LogP contribution < -0.4 is 10.6 Å². The minimum atomic E-state index is 0.0520. The van der Waals surface area contributed by atoms with E-state index in [1.165, 1.54) is 38.5 Å². The summed E-state index contributed by atoms with van der Waals surface area (Å²) in [7, 11) is 0. The first-order valence-electron chi connectivity index (χ1n) is 8.32. The van der Waals surface area contributed by atoms with Gasteiger partial charge in [-0.25, -0.2) is 0 Å². The number of carbonyl (C=O) groups is 1. The second kappa shape index (κ2) is 10.3. The molecular formula is C18H30N2O. The van der Waals surface area contributed by atoms with Gasteiger partial charge in [0.15, 0.2) is 0 Å². The molecule has 0 aromatic heterocycles. The first-order valence-corrected chi connectivity index (χ1v) is 8.32. The lowest BCUT2D eigenvalue weighted by molar-refractivity contribution is -0.115. The summed E-state index contributed by atoms with van der Waals surface area (Å²) in [6.07, 6.45) is 8.29. The molecule has 1 atom stereocenters. The normalized spacial score (nSPS) is 12.0. The average molecular weight is 290 g/mol. The second-order valence-electron chi connectivity index (χ2n) is 5.73. The van der Waals surface area contributed by atoms with E-state index in [4.69, 9.17) is 0 Å². The van der Waals surface area contributed by atoms with Gasteiger partial charge in [-0.1, -0.05) is 52.0 Å². The molecule has 0 radical (unpaired) electrons. The third-order valence-corrected chi connectivity index (χ3v) is 3.62. The van der Waals surface area contributed by atoms with Crippen LogP contribution in [0.1, 0.15) is 65.7 Å². The minimum Gasteiger partial charge on any atom is -0.383 e. The van der Waals surface area contributed by atoms with Gasteiger partial charge in [-0.15, -0.1) is 0 Å². The Balaban J connectivity index is 2.36. The summed E-state index contributed by atoms with van der Waals surface area (Å²) in [6.45, 7) is 6.32. The lowest BCUT2D eigenvalue weighted by atomic mass is 10.1. The molecule has 0 bridgehead atoms. The molecule has 1 rings (SSSR count). The van der Waals surface area contributed by atoms with E-state index in [9.17, 15) is 4.79 Å². The van der Waals surface area contributed by atoms with Crippen molar-refractivity contribution in [3.8, 4) is 0 Å². The third kappa shape index (κ3) is 7.74. The molecule has 0 saturated heterocycles. The summed E-state index contributed by atoms with van der Waals surface area (Å²) >= 11 is 0. The molecule has 0 heterocycles. The molecule has 1 amide bonds. The number of hydrogen-bond acceptors (Lipinski definition) is 2. The monoisotopic (exact) mass is 290 g/mol. The zero-order valence-electron chi connectivity index (χ0n) is 13.7. The van der Waals surface area contributed by atoms with Crippen LogP contribution in [0.5, 0.6) is 0 Å². The molecule has 2 N–H and O–H groups in total. The predicted molar refractivity (Wildman–Crippen MR) is 91.8 cm³/mol. The highest BCUT2D eigenvalue weighted by Crippen LogP contribution is 2.17. The molecule has 0 spiro atoms. The Hall–Kier alpha value is -1.51. The number of anilines is 2. The number of rotatable bonds is 10. The van der Waals surface area contributed by atoms with Gasteiger partial charge in [0.25, 0.3) is 0 Å². The Kier molecular flexibility index (Phi) is 8.56. The molecular weight excluding hydrogens is 260 g/mol. The first-order chi connectivity index (χ1) is 10.2. The summed E-state index contributed by atoms with van der Waals surface area (Å²) in [4.78, 5) is 11.4. The van der Waals surface area contributed by atoms with Gasteiger partial charge >= 0.3 is 0 Å².